The Hall–Kier alpha value is -1.43. The van der Waals surface area contributed by atoms with Gasteiger partial charge in [-0.05, 0) is 0 Å². The minimum absolute atomic E-state index is 0.00680. The van der Waals surface area contributed by atoms with Crippen LogP contribution in [0.2, 0.25) is 0 Å². The van der Waals surface area contributed by atoms with Gasteiger partial charge in [-0.15, -0.1) is 11.6 Å². The molecule has 0 aliphatic rings. The number of halogens is 3. The number of methoxy groups -OCH3 is 1. The molecule has 0 aliphatic carbocycles. The summed E-state index contributed by atoms with van der Waals surface area (Å²) in [5.41, 5.74) is -0.349. The number of rotatable bonds is 5. The topological polar surface area (TPSA) is 59.4 Å². The van der Waals surface area contributed by atoms with Crippen molar-refractivity contribution in [2.24, 2.45) is 0 Å². The number of hydrogen-bond acceptors (Lipinski definition) is 3. The molecule has 4 nitrogen and oxygen atoms in total. The van der Waals surface area contributed by atoms with E-state index in [1.54, 1.807) is 0 Å². The summed E-state index contributed by atoms with van der Waals surface area (Å²) in [5, 5.41) is 8.65. The van der Waals surface area contributed by atoms with Gasteiger partial charge in [-0.2, -0.15) is 0 Å². The molecule has 1 heterocycles. The molecule has 1 aromatic rings. The van der Waals surface area contributed by atoms with Crippen molar-refractivity contribution in [1.82, 2.24) is 4.98 Å². The lowest BCUT2D eigenvalue weighted by atomic mass is 10.1. The largest absolute Gasteiger partial charge is 0.496 e. The second kappa shape index (κ2) is 5.77. The summed E-state index contributed by atoms with van der Waals surface area (Å²) in [4.78, 5) is 14.3. The molecule has 0 aliphatic heterocycles. The fourth-order valence-electron chi connectivity index (χ4n) is 1.45. The first-order chi connectivity index (χ1) is 8.01. The third-order valence-corrected chi connectivity index (χ3v) is 2.37. The average Bonchev–Trinajstić information content (AvgIpc) is 2.27. The molecule has 94 valence electrons. The van der Waals surface area contributed by atoms with E-state index in [0.29, 0.717) is 0 Å². The highest BCUT2D eigenvalue weighted by Crippen LogP contribution is 2.34. The van der Waals surface area contributed by atoms with Crippen LogP contribution in [0, 0.1) is 0 Å². The van der Waals surface area contributed by atoms with Gasteiger partial charge in [0.1, 0.15) is 5.75 Å². The van der Waals surface area contributed by atoms with Crippen molar-refractivity contribution in [2.45, 2.75) is 18.7 Å². The zero-order chi connectivity index (χ0) is 13.0. The molecule has 17 heavy (non-hydrogen) atoms. The summed E-state index contributed by atoms with van der Waals surface area (Å²) in [6.45, 7) is 0. The van der Waals surface area contributed by atoms with Gasteiger partial charge in [-0.3, -0.25) is 9.78 Å². The van der Waals surface area contributed by atoms with Crippen LogP contribution >= 0.6 is 11.6 Å². The van der Waals surface area contributed by atoms with Gasteiger partial charge in [0.15, 0.2) is 0 Å². The van der Waals surface area contributed by atoms with Crippen LogP contribution in [0.5, 0.6) is 5.75 Å². The van der Waals surface area contributed by atoms with Crippen molar-refractivity contribution in [3.05, 3.63) is 23.0 Å². The van der Waals surface area contributed by atoms with E-state index in [1.807, 2.05) is 0 Å². The van der Waals surface area contributed by atoms with E-state index >= 15 is 0 Å². The van der Waals surface area contributed by atoms with Crippen LogP contribution in [0.1, 0.15) is 23.2 Å². The fourth-order valence-corrected chi connectivity index (χ4v) is 1.66. The number of carboxylic acid groups (broad SMARTS) is 1. The standard InChI is InChI=1S/C10H10ClF2NO3/c1-17-9-5(2-7(15)16)4-14-6(3-11)8(9)10(12)13/h4,10H,2-3H2,1H3,(H,15,16). The van der Waals surface area contributed by atoms with E-state index in [2.05, 4.69) is 4.98 Å². The maximum absolute atomic E-state index is 12.9. The average molecular weight is 266 g/mol. The first-order valence-corrected chi connectivity index (χ1v) is 5.15. The van der Waals surface area contributed by atoms with E-state index in [9.17, 15) is 13.6 Å². The number of pyridine rings is 1. The Balaban J connectivity index is 3.35. The van der Waals surface area contributed by atoms with Gasteiger partial charge >= 0.3 is 5.97 Å². The molecule has 1 aromatic heterocycles. The number of aromatic nitrogens is 1. The second-order valence-corrected chi connectivity index (χ2v) is 3.45. The molecular formula is C10H10ClF2NO3. The van der Waals surface area contributed by atoms with Gasteiger partial charge in [0.2, 0.25) is 0 Å². The van der Waals surface area contributed by atoms with Crippen molar-refractivity contribution in [2.75, 3.05) is 7.11 Å². The van der Waals surface area contributed by atoms with Crippen LogP contribution in [0.3, 0.4) is 0 Å². The molecule has 0 unspecified atom stereocenters. The first-order valence-electron chi connectivity index (χ1n) is 4.61. The summed E-state index contributed by atoms with van der Waals surface area (Å²) in [7, 11) is 1.20. The Morgan fingerprint density at radius 3 is 2.71 bits per heavy atom. The lowest BCUT2D eigenvalue weighted by molar-refractivity contribution is -0.136. The van der Waals surface area contributed by atoms with Crippen LogP contribution in [-0.2, 0) is 17.1 Å². The summed E-state index contributed by atoms with van der Waals surface area (Å²) < 4.78 is 30.5. The molecule has 0 spiro atoms. The smallest absolute Gasteiger partial charge is 0.308 e. The van der Waals surface area contributed by atoms with Gasteiger partial charge < -0.3 is 9.84 Å². The van der Waals surface area contributed by atoms with E-state index in [4.69, 9.17) is 21.4 Å². The summed E-state index contributed by atoms with van der Waals surface area (Å²) in [6.07, 6.45) is -2.06. The van der Waals surface area contributed by atoms with Crippen LogP contribution < -0.4 is 4.74 Å². The van der Waals surface area contributed by atoms with Gasteiger partial charge in [0.25, 0.3) is 6.43 Å². The minimum atomic E-state index is -2.82. The number of alkyl halides is 3. The van der Waals surface area contributed by atoms with Gasteiger partial charge in [0.05, 0.1) is 30.7 Å². The number of carbonyl (C=O) groups is 1. The van der Waals surface area contributed by atoms with Gasteiger partial charge in [0, 0.05) is 11.8 Å². The van der Waals surface area contributed by atoms with Crippen molar-refractivity contribution in [3.63, 3.8) is 0 Å². The first kappa shape index (κ1) is 13.6. The SMILES string of the molecule is COc1c(CC(=O)O)cnc(CCl)c1C(F)F. The van der Waals surface area contributed by atoms with E-state index in [0.717, 1.165) is 0 Å². The minimum Gasteiger partial charge on any atom is -0.496 e. The van der Waals surface area contributed by atoms with E-state index < -0.39 is 24.4 Å². The van der Waals surface area contributed by atoms with Crippen molar-refractivity contribution in [1.29, 1.82) is 0 Å². The zero-order valence-electron chi connectivity index (χ0n) is 8.91. The van der Waals surface area contributed by atoms with Gasteiger partial charge in [-0.1, -0.05) is 0 Å². The predicted molar refractivity (Wildman–Crippen MR) is 56.6 cm³/mol. The third kappa shape index (κ3) is 3.03. The van der Waals surface area contributed by atoms with Crippen LogP contribution in [0.25, 0.3) is 0 Å². The molecule has 0 bridgehead atoms. The molecule has 1 N–H and O–H groups in total. The normalized spacial score (nSPS) is 10.6. The highest BCUT2D eigenvalue weighted by molar-refractivity contribution is 6.17. The quantitative estimate of drug-likeness (QED) is 0.831. The molecule has 0 fully saturated rings. The molecule has 1 rings (SSSR count). The Bertz CT molecular complexity index is 426. The third-order valence-electron chi connectivity index (χ3n) is 2.11. The molecule has 0 saturated heterocycles. The number of carboxylic acids is 1. The van der Waals surface area contributed by atoms with Crippen LogP contribution in [0.15, 0.2) is 6.20 Å². The molecule has 7 heteroatoms. The maximum Gasteiger partial charge on any atom is 0.308 e. The predicted octanol–water partition coefficient (Wildman–Crippen LogP) is 2.39. The lowest BCUT2D eigenvalue weighted by Gasteiger charge is -2.14. The van der Waals surface area contributed by atoms with Gasteiger partial charge in [-0.25, -0.2) is 8.78 Å². The zero-order valence-corrected chi connectivity index (χ0v) is 9.67. The van der Waals surface area contributed by atoms with E-state index in [1.165, 1.54) is 13.3 Å². The Morgan fingerprint density at radius 2 is 2.29 bits per heavy atom. The van der Waals surface area contributed by atoms with Crippen molar-refractivity contribution < 1.29 is 23.4 Å². The number of ether oxygens (including phenoxy) is 1. The molecule has 0 radical (unpaired) electrons. The number of nitrogens with zero attached hydrogens (tertiary/aromatic N) is 1. The van der Waals surface area contributed by atoms with Crippen molar-refractivity contribution >= 4 is 17.6 Å². The maximum atomic E-state index is 12.9. The molecular weight excluding hydrogens is 256 g/mol. The Morgan fingerprint density at radius 1 is 1.65 bits per heavy atom. The van der Waals surface area contributed by atoms with Crippen molar-refractivity contribution in [3.8, 4) is 5.75 Å². The summed E-state index contributed by atoms with van der Waals surface area (Å²) in [6, 6.07) is 0. The molecule has 0 amide bonds. The summed E-state index contributed by atoms with van der Waals surface area (Å²) >= 11 is 5.50. The van der Waals surface area contributed by atoms with E-state index in [-0.39, 0.29) is 22.9 Å². The molecule has 0 saturated carbocycles. The molecule has 0 atom stereocenters. The number of hydrogen-bond donors (Lipinski definition) is 1. The van der Waals surface area contributed by atoms with Crippen LogP contribution in [-0.4, -0.2) is 23.2 Å². The summed E-state index contributed by atoms with van der Waals surface area (Å²) in [5.74, 6) is -1.50. The highest BCUT2D eigenvalue weighted by atomic mass is 35.5. The fraction of sp³-hybridized carbons (Fsp3) is 0.400. The number of aliphatic carboxylic acids is 1. The Labute approximate surface area is 101 Å². The van der Waals surface area contributed by atoms with Crippen LogP contribution in [0.4, 0.5) is 8.78 Å². The highest BCUT2D eigenvalue weighted by Gasteiger charge is 2.23. The monoisotopic (exact) mass is 265 g/mol. The lowest BCUT2D eigenvalue weighted by Crippen LogP contribution is -2.08. The Kier molecular flexibility index (Phi) is 4.62. The molecule has 0 aromatic carbocycles. The second-order valence-electron chi connectivity index (χ2n) is 3.18.